The Kier molecular flexibility index (Phi) is 6.56. The first-order chi connectivity index (χ1) is 9.81. The number of carboxylic acids is 1. The second-order valence-corrected chi connectivity index (χ2v) is 7.24. The van der Waals surface area contributed by atoms with E-state index in [1.807, 2.05) is 0 Å². The van der Waals surface area contributed by atoms with Crippen LogP contribution in [0.2, 0.25) is 0 Å². The largest absolute Gasteiger partial charge is 0.480 e. The van der Waals surface area contributed by atoms with Crippen molar-refractivity contribution in [3.05, 3.63) is 0 Å². The standard InChI is InChI=1S/C12H22N2O6S/c1-2-21(19,20)14-6-3-9(4-7-14)11(16)13-10(5-8-15)12(17)18/h9-10,15H,2-8H2,1H3,(H,13,16)(H,17,18)/t10-/m1/s1. The number of nitrogens with zero attached hydrogens (tertiary/aromatic N) is 1. The Hall–Kier alpha value is -1.19. The summed E-state index contributed by atoms with van der Waals surface area (Å²) in [5.41, 5.74) is 0. The lowest BCUT2D eigenvalue weighted by atomic mass is 9.96. The third kappa shape index (κ3) is 4.94. The summed E-state index contributed by atoms with van der Waals surface area (Å²) in [4.78, 5) is 22.9. The summed E-state index contributed by atoms with van der Waals surface area (Å²) in [5.74, 6) is -1.96. The number of aliphatic hydroxyl groups excluding tert-OH is 1. The molecule has 0 spiro atoms. The third-order valence-electron chi connectivity index (χ3n) is 3.62. The number of carbonyl (C=O) groups excluding carboxylic acids is 1. The Labute approximate surface area is 124 Å². The van der Waals surface area contributed by atoms with Gasteiger partial charge in [0.15, 0.2) is 0 Å². The zero-order chi connectivity index (χ0) is 16.0. The summed E-state index contributed by atoms with van der Waals surface area (Å²) in [5, 5.41) is 20.1. The summed E-state index contributed by atoms with van der Waals surface area (Å²) < 4.78 is 24.8. The molecule has 1 fully saturated rings. The molecule has 122 valence electrons. The lowest BCUT2D eigenvalue weighted by molar-refractivity contribution is -0.143. The minimum atomic E-state index is -3.24. The number of sulfonamides is 1. The zero-order valence-corrected chi connectivity index (χ0v) is 12.8. The van der Waals surface area contributed by atoms with E-state index in [1.54, 1.807) is 6.92 Å². The van der Waals surface area contributed by atoms with Crippen LogP contribution in [0.15, 0.2) is 0 Å². The van der Waals surface area contributed by atoms with Crippen molar-refractivity contribution in [2.75, 3.05) is 25.4 Å². The van der Waals surface area contributed by atoms with Gasteiger partial charge in [0, 0.05) is 32.0 Å². The fraction of sp³-hybridized carbons (Fsp3) is 0.833. The van der Waals surface area contributed by atoms with Crippen molar-refractivity contribution in [3.63, 3.8) is 0 Å². The van der Waals surface area contributed by atoms with Crippen LogP contribution in [0.4, 0.5) is 0 Å². The van der Waals surface area contributed by atoms with Crippen LogP contribution in [0, 0.1) is 5.92 Å². The van der Waals surface area contributed by atoms with Crippen molar-refractivity contribution in [1.82, 2.24) is 9.62 Å². The van der Waals surface area contributed by atoms with Crippen molar-refractivity contribution in [3.8, 4) is 0 Å². The molecule has 0 saturated carbocycles. The van der Waals surface area contributed by atoms with E-state index in [2.05, 4.69) is 5.32 Å². The van der Waals surface area contributed by atoms with Crippen LogP contribution in [0.25, 0.3) is 0 Å². The first-order valence-corrected chi connectivity index (χ1v) is 8.54. The number of amides is 1. The van der Waals surface area contributed by atoms with Gasteiger partial charge in [0.2, 0.25) is 15.9 Å². The van der Waals surface area contributed by atoms with E-state index in [9.17, 15) is 18.0 Å². The molecule has 0 radical (unpaired) electrons. The topological polar surface area (TPSA) is 124 Å². The molecule has 0 aromatic rings. The van der Waals surface area contributed by atoms with E-state index in [4.69, 9.17) is 10.2 Å². The molecule has 9 heteroatoms. The molecular weight excluding hydrogens is 300 g/mol. The van der Waals surface area contributed by atoms with E-state index < -0.39 is 33.9 Å². The van der Waals surface area contributed by atoms with Gasteiger partial charge in [0.25, 0.3) is 0 Å². The Bertz CT molecular complexity index is 470. The molecule has 1 amide bonds. The molecule has 0 aromatic carbocycles. The van der Waals surface area contributed by atoms with Gasteiger partial charge >= 0.3 is 5.97 Å². The van der Waals surface area contributed by atoms with Gasteiger partial charge in [0.1, 0.15) is 6.04 Å². The number of hydrogen-bond donors (Lipinski definition) is 3. The summed E-state index contributed by atoms with van der Waals surface area (Å²) in [6, 6.07) is -1.11. The summed E-state index contributed by atoms with van der Waals surface area (Å²) in [6.07, 6.45) is 0.692. The van der Waals surface area contributed by atoms with Crippen LogP contribution in [0.1, 0.15) is 26.2 Å². The number of aliphatic carboxylic acids is 1. The van der Waals surface area contributed by atoms with Crippen LogP contribution >= 0.6 is 0 Å². The molecule has 8 nitrogen and oxygen atoms in total. The number of carbonyl (C=O) groups is 2. The quantitative estimate of drug-likeness (QED) is 0.552. The maximum absolute atomic E-state index is 12.0. The molecular formula is C12H22N2O6S. The van der Waals surface area contributed by atoms with Crippen LogP contribution < -0.4 is 5.32 Å². The predicted octanol–water partition coefficient (Wildman–Crippen LogP) is -1.00. The summed E-state index contributed by atoms with van der Waals surface area (Å²) in [6.45, 7) is 1.78. The van der Waals surface area contributed by atoms with Gasteiger partial charge in [-0.15, -0.1) is 0 Å². The maximum atomic E-state index is 12.0. The Morgan fingerprint density at radius 3 is 2.33 bits per heavy atom. The molecule has 0 bridgehead atoms. The fourth-order valence-electron chi connectivity index (χ4n) is 2.25. The smallest absolute Gasteiger partial charge is 0.326 e. The Morgan fingerprint density at radius 1 is 1.33 bits per heavy atom. The molecule has 0 aliphatic carbocycles. The lowest BCUT2D eigenvalue weighted by Crippen LogP contribution is -2.48. The van der Waals surface area contributed by atoms with E-state index in [-0.39, 0.29) is 31.9 Å². The van der Waals surface area contributed by atoms with Gasteiger partial charge in [0.05, 0.1) is 5.75 Å². The van der Waals surface area contributed by atoms with E-state index >= 15 is 0 Å². The van der Waals surface area contributed by atoms with Gasteiger partial charge in [-0.1, -0.05) is 0 Å². The van der Waals surface area contributed by atoms with Crippen molar-refractivity contribution < 1.29 is 28.2 Å². The number of hydrogen-bond acceptors (Lipinski definition) is 5. The average Bonchev–Trinajstić information content (AvgIpc) is 2.46. The minimum absolute atomic E-state index is 0.0292. The molecule has 1 rings (SSSR count). The first-order valence-electron chi connectivity index (χ1n) is 6.93. The average molecular weight is 322 g/mol. The zero-order valence-electron chi connectivity index (χ0n) is 12.0. The van der Waals surface area contributed by atoms with Crippen molar-refractivity contribution in [2.45, 2.75) is 32.2 Å². The highest BCUT2D eigenvalue weighted by Crippen LogP contribution is 2.20. The van der Waals surface area contributed by atoms with Crippen molar-refractivity contribution in [2.24, 2.45) is 5.92 Å². The van der Waals surface area contributed by atoms with E-state index in [1.165, 1.54) is 4.31 Å². The molecule has 1 saturated heterocycles. The van der Waals surface area contributed by atoms with Crippen molar-refractivity contribution in [1.29, 1.82) is 0 Å². The minimum Gasteiger partial charge on any atom is -0.480 e. The lowest BCUT2D eigenvalue weighted by Gasteiger charge is -2.30. The molecule has 1 atom stereocenters. The third-order valence-corrected chi connectivity index (χ3v) is 5.50. The van der Waals surface area contributed by atoms with Crippen LogP contribution in [-0.4, -0.2) is 66.3 Å². The molecule has 3 N–H and O–H groups in total. The number of nitrogens with one attached hydrogen (secondary N) is 1. The predicted molar refractivity (Wildman–Crippen MR) is 75.0 cm³/mol. The summed E-state index contributed by atoms with van der Waals surface area (Å²) in [7, 11) is -3.24. The highest BCUT2D eigenvalue weighted by atomic mass is 32.2. The molecule has 0 aromatic heterocycles. The van der Waals surface area contributed by atoms with Crippen LogP contribution in [-0.2, 0) is 19.6 Å². The van der Waals surface area contributed by atoms with Gasteiger partial charge < -0.3 is 15.5 Å². The SMILES string of the molecule is CCS(=O)(=O)N1CCC(C(=O)N[C@H](CCO)C(=O)O)CC1. The monoisotopic (exact) mass is 322 g/mol. The molecule has 1 aliphatic rings. The van der Waals surface area contributed by atoms with Crippen LogP contribution in [0.5, 0.6) is 0 Å². The van der Waals surface area contributed by atoms with Gasteiger partial charge in [-0.05, 0) is 19.8 Å². The highest BCUT2D eigenvalue weighted by molar-refractivity contribution is 7.89. The summed E-state index contributed by atoms with van der Waals surface area (Å²) >= 11 is 0. The Morgan fingerprint density at radius 2 is 1.90 bits per heavy atom. The van der Waals surface area contributed by atoms with Crippen LogP contribution in [0.3, 0.4) is 0 Å². The van der Waals surface area contributed by atoms with Gasteiger partial charge in [-0.3, -0.25) is 4.79 Å². The van der Waals surface area contributed by atoms with E-state index in [0.29, 0.717) is 12.8 Å². The van der Waals surface area contributed by atoms with Crippen molar-refractivity contribution >= 4 is 21.9 Å². The molecule has 21 heavy (non-hydrogen) atoms. The van der Waals surface area contributed by atoms with Gasteiger partial charge in [-0.2, -0.15) is 0 Å². The number of aliphatic hydroxyl groups is 1. The Balaban J connectivity index is 2.54. The number of rotatable bonds is 7. The number of piperidine rings is 1. The second-order valence-electron chi connectivity index (χ2n) is 4.99. The first kappa shape index (κ1) is 17.9. The maximum Gasteiger partial charge on any atom is 0.326 e. The highest BCUT2D eigenvalue weighted by Gasteiger charge is 2.31. The van der Waals surface area contributed by atoms with Gasteiger partial charge in [-0.25, -0.2) is 17.5 Å². The molecule has 1 heterocycles. The molecule has 1 aliphatic heterocycles. The fourth-order valence-corrected chi connectivity index (χ4v) is 3.39. The second kappa shape index (κ2) is 7.71. The molecule has 0 unspecified atom stereocenters. The van der Waals surface area contributed by atoms with E-state index in [0.717, 1.165) is 0 Å². The normalized spacial score (nSPS) is 19.1. The number of carboxylic acid groups (broad SMARTS) is 1.